The number of aromatic nitrogens is 1. The van der Waals surface area contributed by atoms with Crippen LogP contribution in [0.15, 0.2) is 60.9 Å². The SMILES string of the molecule is CCc1ccccc1-c1ccc2c(c1)CCN[C@@H]2CCc1cnccc1C(=O)O. The van der Waals surface area contributed by atoms with Crippen molar-refractivity contribution in [2.45, 2.75) is 38.6 Å². The number of benzene rings is 2. The fourth-order valence-electron chi connectivity index (χ4n) is 4.32. The lowest BCUT2D eigenvalue weighted by Crippen LogP contribution is -2.30. The number of aromatic carboxylic acids is 1. The van der Waals surface area contributed by atoms with Gasteiger partial charge in [0.2, 0.25) is 0 Å². The first-order chi connectivity index (χ1) is 14.2. The largest absolute Gasteiger partial charge is 0.478 e. The lowest BCUT2D eigenvalue weighted by molar-refractivity contribution is 0.0695. The van der Waals surface area contributed by atoms with E-state index in [1.807, 2.05) is 0 Å². The average molecular weight is 386 g/mol. The summed E-state index contributed by atoms with van der Waals surface area (Å²) in [5.74, 6) is -0.890. The number of nitrogens with zero attached hydrogens (tertiary/aromatic N) is 1. The maximum Gasteiger partial charge on any atom is 0.336 e. The molecule has 2 N–H and O–H groups in total. The van der Waals surface area contributed by atoms with E-state index < -0.39 is 5.97 Å². The predicted molar refractivity (Wildman–Crippen MR) is 115 cm³/mol. The van der Waals surface area contributed by atoms with Gasteiger partial charge in [-0.15, -0.1) is 0 Å². The second kappa shape index (κ2) is 8.58. The molecule has 0 saturated carbocycles. The molecule has 29 heavy (non-hydrogen) atoms. The molecular weight excluding hydrogens is 360 g/mol. The molecule has 0 bridgehead atoms. The molecule has 0 amide bonds. The fourth-order valence-corrected chi connectivity index (χ4v) is 4.32. The molecule has 148 valence electrons. The summed E-state index contributed by atoms with van der Waals surface area (Å²) in [4.78, 5) is 15.6. The van der Waals surface area contributed by atoms with Gasteiger partial charge in [-0.1, -0.05) is 49.4 Å². The van der Waals surface area contributed by atoms with Gasteiger partial charge < -0.3 is 10.4 Å². The van der Waals surface area contributed by atoms with E-state index in [1.165, 1.54) is 34.0 Å². The van der Waals surface area contributed by atoms with Crippen LogP contribution >= 0.6 is 0 Å². The zero-order chi connectivity index (χ0) is 20.2. The highest BCUT2D eigenvalue weighted by atomic mass is 16.4. The van der Waals surface area contributed by atoms with Crippen LogP contribution in [0.1, 0.15) is 52.0 Å². The molecule has 1 aliphatic rings. The molecule has 0 fully saturated rings. The molecule has 1 aliphatic heterocycles. The summed E-state index contributed by atoms with van der Waals surface area (Å²) < 4.78 is 0. The Morgan fingerprint density at radius 1 is 1.17 bits per heavy atom. The molecule has 2 aromatic carbocycles. The van der Waals surface area contributed by atoms with Crippen molar-refractivity contribution in [2.24, 2.45) is 0 Å². The molecule has 0 unspecified atom stereocenters. The predicted octanol–water partition coefficient (Wildman–Crippen LogP) is 4.83. The molecule has 4 nitrogen and oxygen atoms in total. The molecule has 4 heteroatoms. The van der Waals surface area contributed by atoms with Crippen LogP contribution in [-0.2, 0) is 19.3 Å². The number of rotatable bonds is 6. The smallest absolute Gasteiger partial charge is 0.336 e. The van der Waals surface area contributed by atoms with Gasteiger partial charge >= 0.3 is 5.97 Å². The third-order valence-electron chi connectivity index (χ3n) is 5.85. The van der Waals surface area contributed by atoms with Crippen LogP contribution in [0, 0.1) is 0 Å². The Morgan fingerprint density at radius 2 is 2.03 bits per heavy atom. The van der Waals surface area contributed by atoms with Crippen molar-refractivity contribution >= 4 is 5.97 Å². The molecule has 0 radical (unpaired) electrons. The van der Waals surface area contributed by atoms with Crippen LogP contribution in [0.25, 0.3) is 11.1 Å². The topological polar surface area (TPSA) is 62.2 Å². The second-order valence-electron chi connectivity index (χ2n) is 7.56. The van der Waals surface area contributed by atoms with Crippen molar-refractivity contribution in [2.75, 3.05) is 6.54 Å². The first-order valence-electron chi connectivity index (χ1n) is 10.3. The van der Waals surface area contributed by atoms with Crippen LogP contribution in [0.5, 0.6) is 0 Å². The number of hydrogen-bond donors (Lipinski definition) is 2. The Balaban J connectivity index is 1.57. The lowest BCUT2D eigenvalue weighted by Gasteiger charge is -2.28. The number of nitrogens with one attached hydrogen (secondary N) is 1. The van der Waals surface area contributed by atoms with Crippen molar-refractivity contribution in [3.8, 4) is 11.1 Å². The molecule has 0 aliphatic carbocycles. The van der Waals surface area contributed by atoms with Gasteiger partial charge in [-0.3, -0.25) is 4.98 Å². The van der Waals surface area contributed by atoms with Crippen molar-refractivity contribution in [3.63, 3.8) is 0 Å². The molecule has 4 rings (SSSR count). The standard InChI is InChI=1S/C25H26N2O2/c1-2-17-5-3-4-6-21(17)18-7-9-22-19(15-18)11-14-27-24(22)10-8-20-16-26-13-12-23(20)25(28)29/h3-7,9,12-13,15-16,24,27H,2,8,10-11,14H2,1H3,(H,28,29)/t24-/m1/s1. The van der Waals surface area contributed by atoms with Gasteiger partial charge in [0.15, 0.2) is 0 Å². The van der Waals surface area contributed by atoms with Crippen LogP contribution < -0.4 is 5.32 Å². The first kappa shape index (κ1) is 19.3. The summed E-state index contributed by atoms with van der Waals surface area (Å²) in [5, 5.41) is 13.0. The van der Waals surface area contributed by atoms with E-state index in [-0.39, 0.29) is 6.04 Å². The third-order valence-corrected chi connectivity index (χ3v) is 5.85. The van der Waals surface area contributed by atoms with Gasteiger partial charge in [-0.2, -0.15) is 0 Å². The molecule has 0 spiro atoms. The minimum atomic E-state index is -0.890. The van der Waals surface area contributed by atoms with Crippen molar-refractivity contribution in [1.82, 2.24) is 10.3 Å². The Labute approximate surface area is 171 Å². The summed E-state index contributed by atoms with van der Waals surface area (Å²) in [5.41, 5.74) is 7.83. The van der Waals surface area contributed by atoms with Gasteiger partial charge in [0.1, 0.15) is 0 Å². The summed E-state index contributed by atoms with van der Waals surface area (Å²) >= 11 is 0. The Hall–Kier alpha value is -2.98. The Bertz CT molecular complexity index is 1030. The highest BCUT2D eigenvalue weighted by Gasteiger charge is 2.21. The Kier molecular flexibility index (Phi) is 5.72. The molecular formula is C25H26N2O2. The number of fused-ring (bicyclic) bond motifs is 1. The summed E-state index contributed by atoms with van der Waals surface area (Å²) in [6.07, 6.45) is 6.79. The average Bonchev–Trinajstić information content (AvgIpc) is 2.77. The molecule has 0 saturated heterocycles. The molecule has 2 heterocycles. The van der Waals surface area contributed by atoms with Crippen molar-refractivity contribution in [1.29, 1.82) is 0 Å². The van der Waals surface area contributed by atoms with Gasteiger partial charge in [-0.25, -0.2) is 4.79 Å². The highest BCUT2D eigenvalue weighted by molar-refractivity contribution is 5.89. The maximum absolute atomic E-state index is 11.5. The van der Waals surface area contributed by atoms with Gasteiger partial charge in [-0.05, 0) is 71.7 Å². The number of carbonyl (C=O) groups is 1. The minimum Gasteiger partial charge on any atom is -0.478 e. The quantitative estimate of drug-likeness (QED) is 0.637. The van der Waals surface area contributed by atoms with Crippen molar-refractivity contribution < 1.29 is 9.90 Å². The van der Waals surface area contributed by atoms with Gasteiger partial charge in [0, 0.05) is 18.4 Å². The first-order valence-corrected chi connectivity index (χ1v) is 10.3. The fraction of sp³-hybridized carbons (Fsp3) is 0.280. The highest BCUT2D eigenvalue weighted by Crippen LogP contribution is 2.32. The second-order valence-corrected chi connectivity index (χ2v) is 7.56. The summed E-state index contributed by atoms with van der Waals surface area (Å²) in [6, 6.07) is 17.2. The van der Waals surface area contributed by atoms with E-state index in [1.54, 1.807) is 12.3 Å². The molecule has 1 aromatic heterocycles. The normalized spacial score (nSPS) is 15.7. The summed E-state index contributed by atoms with van der Waals surface area (Å²) in [6.45, 7) is 3.14. The van der Waals surface area contributed by atoms with Crippen LogP contribution in [-0.4, -0.2) is 22.6 Å². The van der Waals surface area contributed by atoms with Gasteiger partial charge in [0.05, 0.1) is 5.56 Å². The number of aryl methyl sites for hydroxylation is 2. The van der Waals surface area contributed by atoms with E-state index >= 15 is 0 Å². The molecule has 1 atom stereocenters. The minimum absolute atomic E-state index is 0.232. The number of carboxylic acid groups (broad SMARTS) is 1. The lowest BCUT2D eigenvalue weighted by atomic mass is 9.87. The third kappa shape index (κ3) is 4.08. The van der Waals surface area contributed by atoms with E-state index in [0.29, 0.717) is 12.0 Å². The van der Waals surface area contributed by atoms with Crippen LogP contribution in [0.4, 0.5) is 0 Å². The Morgan fingerprint density at radius 3 is 2.86 bits per heavy atom. The number of hydrogen-bond acceptors (Lipinski definition) is 3. The monoisotopic (exact) mass is 386 g/mol. The van der Waals surface area contributed by atoms with E-state index in [9.17, 15) is 9.90 Å². The van der Waals surface area contributed by atoms with E-state index in [4.69, 9.17) is 0 Å². The number of pyridine rings is 1. The van der Waals surface area contributed by atoms with Gasteiger partial charge in [0.25, 0.3) is 0 Å². The van der Waals surface area contributed by atoms with Crippen LogP contribution in [0.3, 0.4) is 0 Å². The zero-order valence-corrected chi connectivity index (χ0v) is 16.7. The van der Waals surface area contributed by atoms with E-state index in [2.05, 4.69) is 59.7 Å². The zero-order valence-electron chi connectivity index (χ0n) is 16.7. The molecule has 3 aromatic rings. The van der Waals surface area contributed by atoms with E-state index in [0.717, 1.165) is 31.4 Å². The maximum atomic E-state index is 11.5. The van der Waals surface area contributed by atoms with Crippen molar-refractivity contribution in [3.05, 3.63) is 88.7 Å². The summed E-state index contributed by atoms with van der Waals surface area (Å²) in [7, 11) is 0. The van der Waals surface area contributed by atoms with Crippen LogP contribution in [0.2, 0.25) is 0 Å². The number of carboxylic acids is 1.